The summed E-state index contributed by atoms with van der Waals surface area (Å²) in [6, 6.07) is 3.49. The van der Waals surface area contributed by atoms with E-state index in [0.29, 0.717) is 97.0 Å². The lowest BCUT2D eigenvalue weighted by Gasteiger charge is -2.41. The minimum absolute atomic E-state index is 0.0518. The van der Waals surface area contributed by atoms with E-state index >= 15 is 0 Å². The van der Waals surface area contributed by atoms with E-state index in [9.17, 15) is 34.5 Å². The van der Waals surface area contributed by atoms with Crippen molar-refractivity contribution < 1.29 is 53.4 Å². The Morgan fingerprint density at radius 2 is 1.29 bits per heavy atom. The van der Waals surface area contributed by atoms with Gasteiger partial charge in [-0.3, -0.25) is 19.3 Å². The van der Waals surface area contributed by atoms with Gasteiger partial charge in [-0.05, 0) is 164 Å². The van der Waals surface area contributed by atoms with Crippen LogP contribution in [0.25, 0.3) is 0 Å². The van der Waals surface area contributed by atoms with Crippen LogP contribution in [0, 0.1) is 0 Å². The van der Waals surface area contributed by atoms with E-state index in [1.165, 1.54) is 52.5 Å². The Labute approximate surface area is 456 Å². The second-order valence-electron chi connectivity index (χ2n) is 23.7. The van der Waals surface area contributed by atoms with Crippen molar-refractivity contribution >= 4 is 24.4 Å². The number of ether oxygens (including phenoxy) is 4. The highest BCUT2D eigenvalue weighted by Crippen LogP contribution is 2.49. The summed E-state index contributed by atoms with van der Waals surface area (Å²) in [6.07, 6.45) is 18.0. The summed E-state index contributed by atoms with van der Waals surface area (Å²) in [6.45, 7) is 20.5. The molecule has 3 amide bonds. The smallest absolute Gasteiger partial charge is 0.415 e. The normalized spacial score (nSPS) is 24.1. The monoisotopic (exact) mass is 1060 g/mol. The lowest BCUT2D eigenvalue weighted by Crippen LogP contribution is -2.50. The molecule has 0 radical (unpaired) electrons. The number of benzene rings is 2. The van der Waals surface area contributed by atoms with Crippen molar-refractivity contribution in [2.24, 2.45) is 0 Å². The number of rotatable bonds is 21. The molecule has 6 aliphatic heterocycles. The van der Waals surface area contributed by atoms with Gasteiger partial charge in [-0.15, -0.1) is 0 Å². The maximum Gasteiger partial charge on any atom is 0.415 e. The molecule has 0 aromatic heterocycles. The molecule has 77 heavy (non-hydrogen) atoms. The predicted octanol–water partition coefficient (Wildman–Crippen LogP) is 10.8. The molecule has 0 aliphatic carbocycles. The summed E-state index contributed by atoms with van der Waals surface area (Å²) in [5.74, 6) is 0.196. The maximum atomic E-state index is 14.5. The predicted molar refractivity (Wildman–Crippen MR) is 296 cm³/mol. The topological polar surface area (TPSA) is 179 Å². The standard InChI is InChI=1S/C62H86N4O11/c1-40(2)17-12-19-42(5)21-14-26-61(7)53(69)35-47-51(68)33-45-50(56(47)76-61)38-66(59(45)72)55(74-39-67)23-16-30-65-37-49-46(58(65)71)34-52(75-60(73)64-31-24-44(25-32-64)63-28-10-9-11-29-63)48-36-54(70)62(8,77-57(48)49)27-15-22-43(6)20-13-18-41(3)4/h17-18,21-22,33-34,39,44,53-55,68-70H,9-16,19-20,23-32,35-38H2,1-8H3/b42-21+,43-22+/t53-,54-,55+,61+,62+/m0/s1. The zero-order valence-corrected chi connectivity index (χ0v) is 47.2. The SMILES string of the molecule is CC(C)=CCC/C(C)=C/CC[C@@]1(C)Oc2c(c(O)cc3c2CN([C@@H](CCCN2Cc4c(cc(OC(=O)N5CCC(N6CCCCC6)CC5)c5c4O[C@](C)(CC/C=C(\C)CCC=C(C)C)[C@@H](O)C5)C2=O)OC=O)C3=O)C[C@@H]1O. The molecule has 0 spiro atoms. The van der Waals surface area contributed by atoms with E-state index in [1.807, 2.05) is 13.8 Å². The van der Waals surface area contributed by atoms with Gasteiger partial charge in [-0.25, -0.2) is 4.79 Å². The van der Waals surface area contributed by atoms with Crippen LogP contribution >= 0.6 is 0 Å². The molecule has 2 fully saturated rings. The largest absolute Gasteiger partial charge is 0.508 e. The van der Waals surface area contributed by atoms with E-state index in [1.54, 1.807) is 15.9 Å². The van der Waals surface area contributed by atoms with Crippen LogP contribution in [0.1, 0.15) is 195 Å². The van der Waals surface area contributed by atoms with Crippen LogP contribution < -0.4 is 14.2 Å². The first-order valence-corrected chi connectivity index (χ1v) is 28.6. The van der Waals surface area contributed by atoms with Crippen LogP contribution in [0.15, 0.2) is 58.7 Å². The Morgan fingerprint density at radius 1 is 0.727 bits per heavy atom. The number of piperidine rings is 2. The van der Waals surface area contributed by atoms with Crippen molar-refractivity contribution in [3.05, 3.63) is 92.1 Å². The van der Waals surface area contributed by atoms with Gasteiger partial charge in [0.1, 0.15) is 34.2 Å². The third-order valence-corrected chi connectivity index (χ3v) is 17.2. The van der Waals surface area contributed by atoms with Crippen LogP contribution in [-0.4, -0.2) is 128 Å². The zero-order valence-electron chi connectivity index (χ0n) is 47.2. The number of phenolic OH excluding ortho intramolecular Hbond substituents is 1. The van der Waals surface area contributed by atoms with Gasteiger partial charge in [-0.1, -0.05) is 53.0 Å². The Hall–Kier alpha value is -5.64. The average Bonchev–Trinajstić information content (AvgIpc) is 3.96. The molecule has 5 atom stereocenters. The minimum atomic E-state index is -0.996. The number of aromatic hydroxyl groups is 1. The van der Waals surface area contributed by atoms with Crippen LogP contribution in [-0.2, 0) is 35.5 Å². The third-order valence-electron chi connectivity index (χ3n) is 17.2. The van der Waals surface area contributed by atoms with Crippen LogP contribution in [0.3, 0.4) is 0 Å². The van der Waals surface area contributed by atoms with Crippen LogP contribution in [0.2, 0.25) is 0 Å². The summed E-state index contributed by atoms with van der Waals surface area (Å²) in [4.78, 5) is 62.2. The van der Waals surface area contributed by atoms with Gasteiger partial charge in [0, 0.05) is 67.2 Å². The van der Waals surface area contributed by atoms with Crippen molar-refractivity contribution in [1.29, 1.82) is 0 Å². The lowest BCUT2D eigenvalue weighted by molar-refractivity contribution is -0.141. The number of carbonyl (C=O) groups excluding carboxylic acids is 4. The van der Waals surface area contributed by atoms with Gasteiger partial charge < -0.3 is 49.0 Å². The highest BCUT2D eigenvalue weighted by atomic mass is 16.6. The van der Waals surface area contributed by atoms with Crippen molar-refractivity contribution in [2.45, 2.75) is 213 Å². The number of aliphatic hydroxyl groups excluding tert-OH is 2. The zero-order chi connectivity index (χ0) is 55.2. The molecule has 2 aromatic carbocycles. The Morgan fingerprint density at radius 3 is 1.87 bits per heavy atom. The number of carbonyl (C=O) groups is 4. The minimum Gasteiger partial charge on any atom is -0.508 e. The summed E-state index contributed by atoms with van der Waals surface area (Å²) in [5, 5.41) is 34.4. The Balaban J connectivity index is 0.963. The van der Waals surface area contributed by atoms with Gasteiger partial charge in [0.15, 0.2) is 6.23 Å². The highest BCUT2D eigenvalue weighted by molar-refractivity contribution is 6.01. The number of likely N-dealkylation sites (tertiary alicyclic amines) is 2. The van der Waals surface area contributed by atoms with E-state index in [0.717, 1.165) is 51.6 Å². The van der Waals surface area contributed by atoms with Gasteiger partial charge in [0.05, 0.1) is 36.4 Å². The second kappa shape index (κ2) is 25.0. The first kappa shape index (κ1) is 57.5. The van der Waals surface area contributed by atoms with E-state index in [4.69, 9.17) is 18.9 Å². The second-order valence-corrected chi connectivity index (χ2v) is 23.7. The van der Waals surface area contributed by atoms with Crippen LogP contribution in [0.4, 0.5) is 4.79 Å². The third kappa shape index (κ3) is 13.3. The molecule has 3 N–H and O–H groups in total. The first-order chi connectivity index (χ1) is 36.8. The quantitative estimate of drug-likeness (QED) is 0.0797. The van der Waals surface area contributed by atoms with E-state index in [2.05, 4.69) is 70.7 Å². The van der Waals surface area contributed by atoms with Crippen molar-refractivity contribution in [3.8, 4) is 23.0 Å². The number of phenols is 1. The molecule has 0 saturated carbocycles. The lowest BCUT2D eigenvalue weighted by atomic mass is 9.84. The molecule has 15 nitrogen and oxygen atoms in total. The average molecular weight is 1060 g/mol. The fraction of sp³-hybridized carbons (Fsp3) is 0.613. The molecular formula is C62H86N4O11. The summed E-state index contributed by atoms with van der Waals surface area (Å²) < 4.78 is 25.4. The molecular weight excluding hydrogens is 977 g/mol. The summed E-state index contributed by atoms with van der Waals surface area (Å²) in [5.41, 5.74) is 5.92. The molecule has 15 heteroatoms. The number of amides is 3. The summed E-state index contributed by atoms with van der Waals surface area (Å²) >= 11 is 0. The molecule has 8 rings (SSSR count). The van der Waals surface area contributed by atoms with Gasteiger partial charge in [0.25, 0.3) is 18.3 Å². The molecule has 0 bridgehead atoms. The van der Waals surface area contributed by atoms with Gasteiger partial charge >= 0.3 is 6.09 Å². The first-order valence-electron chi connectivity index (χ1n) is 28.6. The van der Waals surface area contributed by atoms with Gasteiger partial charge in [0.2, 0.25) is 0 Å². The molecule has 6 heterocycles. The number of nitrogens with zero attached hydrogens (tertiary/aromatic N) is 4. The maximum absolute atomic E-state index is 14.5. The van der Waals surface area contributed by atoms with Crippen LogP contribution in [0.5, 0.6) is 23.0 Å². The van der Waals surface area contributed by atoms with E-state index in [-0.39, 0.29) is 61.9 Å². The molecule has 2 aromatic rings. The van der Waals surface area contributed by atoms with Gasteiger partial charge in [-0.2, -0.15) is 0 Å². The molecule has 0 unspecified atom stereocenters. The van der Waals surface area contributed by atoms with Crippen molar-refractivity contribution in [1.82, 2.24) is 19.6 Å². The number of allylic oxidation sites excluding steroid dienone is 8. The molecule has 2 saturated heterocycles. The summed E-state index contributed by atoms with van der Waals surface area (Å²) in [7, 11) is 0. The fourth-order valence-corrected chi connectivity index (χ4v) is 12.2. The number of hydrogen-bond acceptors (Lipinski definition) is 12. The highest BCUT2D eigenvalue weighted by Gasteiger charge is 2.47. The van der Waals surface area contributed by atoms with Crippen molar-refractivity contribution in [2.75, 3.05) is 32.7 Å². The number of fused-ring (bicyclic) bond motifs is 6. The molecule has 6 aliphatic rings. The Bertz CT molecular complexity index is 2630. The van der Waals surface area contributed by atoms with Crippen molar-refractivity contribution in [3.63, 3.8) is 0 Å². The number of hydrogen-bond donors (Lipinski definition) is 3. The Kier molecular flexibility index (Phi) is 18.7. The molecule has 420 valence electrons. The fourth-order valence-electron chi connectivity index (χ4n) is 12.2. The number of aliphatic hydroxyl groups is 2. The van der Waals surface area contributed by atoms with E-state index < -0.39 is 41.6 Å².